The van der Waals surface area contributed by atoms with Crippen LogP contribution in [0, 0.1) is 18.6 Å². The first-order valence-electron chi connectivity index (χ1n) is 6.98. The summed E-state index contributed by atoms with van der Waals surface area (Å²) in [6, 6.07) is 8.83. The van der Waals surface area contributed by atoms with Gasteiger partial charge >= 0.3 is 0 Å². The lowest BCUT2D eigenvalue weighted by molar-refractivity contribution is 0.428. The second-order valence-electron chi connectivity index (χ2n) is 5.00. The van der Waals surface area contributed by atoms with Crippen LogP contribution in [0.4, 0.5) is 8.78 Å². The fourth-order valence-corrected chi connectivity index (χ4v) is 2.17. The molecule has 0 saturated carbocycles. The molecule has 2 rings (SSSR count). The maximum atomic E-state index is 13.8. The van der Waals surface area contributed by atoms with Crippen molar-refractivity contribution >= 4 is 0 Å². The lowest BCUT2D eigenvalue weighted by atomic mass is 10.1. The summed E-state index contributed by atoms with van der Waals surface area (Å²) in [7, 11) is 0. The van der Waals surface area contributed by atoms with Crippen molar-refractivity contribution in [3.8, 4) is 11.5 Å². The Labute approximate surface area is 123 Å². The first-order chi connectivity index (χ1) is 10.0. The Morgan fingerprint density at radius 1 is 1.10 bits per heavy atom. The average molecular weight is 291 g/mol. The van der Waals surface area contributed by atoms with E-state index in [1.165, 1.54) is 24.3 Å². The van der Waals surface area contributed by atoms with Crippen molar-refractivity contribution in [3.05, 3.63) is 59.2 Å². The van der Waals surface area contributed by atoms with Gasteiger partial charge in [-0.05, 0) is 56.3 Å². The molecule has 0 heterocycles. The minimum Gasteiger partial charge on any atom is -0.454 e. The fourth-order valence-electron chi connectivity index (χ4n) is 2.17. The van der Waals surface area contributed by atoms with Crippen molar-refractivity contribution in [1.29, 1.82) is 0 Å². The Morgan fingerprint density at radius 2 is 1.86 bits per heavy atom. The first kappa shape index (κ1) is 15.4. The van der Waals surface area contributed by atoms with Crippen LogP contribution in [0.15, 0.2) is 36.4 Å². The molecule has 0 fully saturated rings. The van der Waals surface area contributed by atoms with Gasteiger partial charge in [-0.15, -0.1) is 0 Å². The molecule has 0 radical (unpaired) electrons. The number of aryl methyl sites for hydroxylation is 1. The van der Waals surface area contributed by atoms with Crippen LogP contribution in [-0.2, 0) is 0 Å². The maximum Gasteiger partial charge on any atom is 0.165 e. The van der Waals surface area contributed by atoms with Crippen molar-refractivity contribution in [1.82, 2.24) is 5.32 Å². The summed E-state index contributed by atoms with van der Waals surface area (Å²) in [5.74, 6) is -0.181. The zero-order valence-corrected chi connectivity index (χ0v) is 12.4. The van der Waals surface area contributed by atoms with E-state index in [1.54, 1.807) is 12.1 Å². The van der Waals surface area contributed by atoms with Gasteiger partial charge in [-0.1, -0.05) is 13.0 Å². The molecule has 0 aliphatic rings. The quantitative estimate of drug-likeness (QED) is 0.859. The number of benzene rings is 2. The molecule has 1 unspecified atom stereocenters. The predicted octanol–water partition coefficient (Wildman–Crippen LogP) is 4.74. The van der Waals surface area contributed by atoms with E-state index in [9.17, 15) is 8.78 Å². The Hall–Kier alpha value is -1.94. The van der Waals surface area contributed by atoms with Crippen molar-refractivity contribution in [2.75, 3.05) is 6.54 Å². The minimum atomic E-state index is -0.438. The fraction of sp³-hybridized carbons (Fsp3) is 0.294. The molecule has 0 aromatic heterocycles. The van der Waals surface area contributed by atoms with Crippen LogP contribution < -0.4 is 10.1 Å². The lowest BCUT2D eigenvalue weighted by Gasteiger charge is -2.18. The van der Waals surface area contributed by atoms with Crippen LogP contribution in [-0.4, -0.2) is 6.54 Å². The monoisotopic (exact) mass is 291 g/mol. The van der Waals surface area contributed by atoms with E-state index >= 15 is 0 Å². The van der Waals surface area contributed by atoms with E-state index in [4.69, 9.17) is 4.74 Å². The van der Waals surface area contributed by atoms with Gasteiger partial charge in [0.15, 0.2) is 11.6 Å². The molecule has 1 atom stereocenters. The third-order valence-electron chi connectivity index (χ3n) is 3.26. The summed E-state index contributed by atoms with van der Waals surface area (Å²) in [5, 5.41) is 3.20. The Bertz CT molecular complexity index is 628. The maximum absolute atomic E-state index is 13.8. The molecule has 112 valence electrons. The summed E-state index contributed by atoms with van der Waals surface area (Å²) in [6.07, 6.45) is 0. The zero-order chi connectivity index (χ0) is 15.4. The highest BCUT2D eigenvalue weighted by Crippen LogP contribution is 2.32. The normalized spacial score (nSPS) is 12.2. The van der Waals surface area contributed by atoms with Gasteiger partial charge in [0.05, 0.1) is 0 Å². The lowest BCUT2D eigenvalue weighted by Crippen LogP contribution is -2.18. The van der Waals surface area contributed by atoms with Gasteiger partial charge in [0.1, 0.15) is 11.6 Å². The third-order valence-corrected chi connectivity index (χ3v) is 3.26. The van der Waals surface area contributed by atoms with Crippen molar-refractivity contribution < 1.29 is 13.5 Å². The number of hydrogen-bond acceptors (Lipinski definition) is 2. The standard InChI is InChI=1S/C17H19F2NO/c1-4-20-12(3)14-10-13(18)6-8-16(14)21-17-9-11(2)5-7-15(17)19/h5-10,12,20H,4H2,1-3H3. The minimum absolute atomic E-state index is 0.0893. The number of nitrogens with one attached hydrogen (secondary N) is 1. The number of halogens is 2. The summed E-state index contributed by atoms with van der Waals surface area (Å²) in [6.45, 7) is 6.49. The van der Waals surface area contributed by atoms with Crippen LogP contribution in [0.3, 0.4) is 0 Å². The second kappa shape index (κ2) is 6.68. The SMILES string of the molecule is CCNC(C)c1cc(F)ccc1Oc1cc(C)ccc1F. The molecule has 4 heteroatoms. The number of rotatable bonds is 5. The van der Waals surface area contributed by atoms with Crippen molar-refractivity contribution in [2.24, 2.45) is 0 Å². The van der Waals surface area contributed by atoms with Crippen LogP contribution in [0.1, 0.15) is 31.0 Å². The molecule has 2 aromatic carbocycles. The molecule has 2 nitrogen and oxygen atoms in total. The largest absolute Gasteiger partial charge is 0.454 e. The molecular formula is C17H19F2NO. The van der Waals surface area contributed by atoms with E-state index in [0.717, 1.165) is 12.1 Å². The zero-order valence-electron chi connectivity index (χ0n) is 12.4. The molecular weight excluding hydrogens is 272 g/mol. The highest BCUT2D eigenvalue weighted by Gasteiger charge is 2.14. The molecule has 2 aromatic rings. The predicted molar refractivity (Wildman–Crippen MR) is 79.7 cm³/mol. The Kier molecular flexibility index (Phi) is 4.91. The summed E-state index contributed by atoms with van der Waals surface area (Å²) in [4.78, 5) is 0. The van der Waals surface area contributed by atoms with E-state index in [2.05, 4.69) is 5.32 Å². The van der Waals surface area contributed by atoms with Gasteiger partial charge in [-0.3, -0.25) is 0 Å². The second-order valence-corrected chi connectivity index (χ2v) is 5.00. The van der Waals surface area contributed by atoms with Gasteiger partial charge in [-0.2, -0.15) is 0 Å². The van der Waals surface area contributed by atoms with Crippen LogP contribution in [0.25, 0.3) is 0 Å². The third kappa shape index (κ3) is 3.79. The Balaban J connectivity index is 2.37. The smallest absolute Gasteiger partial charge is 0.165 e. The molecule has 1 N–H and O–H groups in total. The van der Waals surface area contributed by atoms with Crippen molar-refractivity contribution in [3.63, 3.8) is 0 Å². The van der Waals surface area contributed by atoms with Crippen LogP contribution >= 0.6 is 0 Å². The molecule has 0 spiro atoms. The molecule has 0 aliphatic carbocycles. The number of hydrogen-bond donors (Lipinski definition) is 1. The summed E-state index contributed by atoms with van der Waals surface area (Å²) >= 11 is 0. The molecule has 0 amide bonds. The van der Waals surface area contributed by atoms with E-state index < -0.39 is 5.82 Å². The molecule has 0 aliphatic heterocycles. The highest BCUT2D eigenvalue weighted by molar-refractivity contribution is 5.41. The van der Waals surface area contributed by atoms with E-state index in [0.29, 0.717) is 11.3 Å². The average Bonchev–Trinajstić information content (AvgIpc) is 2.45. The van der Waals surface area contributed by atoms with E-state index in [1.807, 2.05) is 20.8 Å². The number of ether oxygens (including phenoxy) is 1. The topological polar surface area (TPSA) is 21.3 Å². The van der Waals surface area contributed by atoms with Crippen LogP contribution in [0.2, 0.25) is 0 Å². The molecule has 0 saturated heterocycles. The van der Waals surface area contributed by atoms with Crippen molar-refractivity contribution in [2.45, 2.75) is 26.8 Å². The van der Waals surface area contributed by atoms with E-state index in [-0.39, 0.29) is 17.6 Å². The van der Waals surface area contributed by atoms with Gasteiger partial charge in [-0.25, -0.2) is 8.78 Å². The Morgan fingerprint density at radius 3 is 2.57 bits per heavy atom. The first-order valence-corrected chi connectivity index (χ1v) is 6.98. The summed E-state index contributed by atoms with van der Waals surface area (Å²) in [5.41, 5.74) is 1.56. The van der Waals surface area contributed by atoms with Gasteiger partial charge in [0.25, 0.3) is 0 Å². The summed E-state index contributed by atoms with van der Waals surface area (Å²) < 4.78 is 32.9. The molecule has 21 heavy (non-hydrogen) atoms. The van der Waals surface area contributed by atoms with Gasteiger partial charge < -0.3 is 10.1 Å². The highest BCUT2D eigenvalue weighted by atomic mass is 19.1. The van der Waals surface area contributed by atoms with Crippen LogP contribution in [0.5, 0.6) is 11.5 Å². The molecule has 0 bridgehead atoms. The van der Waals surface area contributed by atoms with Gasteiger partial charge in [0, 0.05) is 11.6 Å². The van der Waals surface area contributed by atoms with Gasteiger partial charge in [0.2, 0.25) is 0 Å².